The van der Waals surface area contributed by atoms with Crippen molar-refractivity contribution in [2.24, 2.45) is 0 Å². The molecule has 0 aromatic heterocycles. The Balaban J connectivity index is 1.69. The number of sulfonamides is 2. The lowest BCUT2D eigenvalue weighted by Crippen LogP contribution is -2.31. The SMILES string of the molecule is Cc1ccc(S(=O)(=O)N(C)CCOCOCCN(C)S(=O)(=O)c2ccc(C)cc2)cc1. The maximum Gasteiger partial charge on any atom is 0.242 e. The molecule has 0 saturated carbocycles. The molecule has 0 unspecified atom stereocenters. The summed E-state index contributed by atoms with van der Waals surface area (Å²) >= 11 is 0. The molecule has 2 aromatic carbocycles. The van der Waals surface area contributed by atoms with E-state index in [1.54, 1.807) is 48.5 Å². The Morgan fingerprint density at radius 2 is 0.968 bits per heavy atom. The van der Waals surface area contributed by atoms with E-state index in [-0.39, 0.29) is 42.9 Å². The third-order valence-corrected chi connectivity index (χ3v) is 8.47. The van der Waals surface area contributed by atoms with E-state index >= 15 is 0 Å². The van der Waals surface area contributed by atoms with Gasteiger partial charge in [0.25, 0.3) is 0 Å². The average molecular weight is 471 g/mol. The molecule has 0 fully saturated rings. The Labute approximate surface area is 185 Å². The number of hydrogen-bond donors (Lipinski definition) is 0. The van der Waals surface area contributed by atoms with Gasteiger partial charge in [-0.25, -0.2) is 16.8 Å². The minimum Gasteiger partial charge on any atom is -0.354 e. The fourth-order valence-corrected chi connectivity index (χ4v) is 4.89. The van der Waals surface area contributed by atoms with Crippen molar-refractivity contribution in [2.45, 2.75) is 23.6 Å². The highest BCUT2D eigenvalue weighted by Gasteiger charge is 2.21. The first-order chi connectivity index (χ1) is 14.5. The standard InChI is InChI=1S/C21H30N2O6S2/c1-18-5-9-20(10-6-18)30(24,25)22(3)13-15-28-17-29-16-14-23(4)31(26,27)21-11-7-19(2)8-12-21/h5-12H,13-17H2,1-4H3. The van der Waals surface area contributed by atoms with Crippen LogP contribution in [0, 0.1) is 13.8 Å². The van der Waals surface area contributed by atoms with E-state index in [0.29, 0.717) is 0 Å². The van der Waals surface area contributed by atoms with Gasteiger partial charge in [0.2, 0.25) is 20.0 Å². The van der Waals surface area contributed by atoms with Gasteiger partial charge in [0.1, 0.15) is 6.79 Å². The fourth-order valence-electron chi connectivity index (χ4n) is 2.58. The van der Waals surface area contributed by atoms with Gasteiger partial charge in [-0.2, -0.15) is 8.61 Å². The minimum atomic E-state index is -3.57. The molecule has 2 rings (SSSR count). The molecule has 0 amide bonds. The molecule has 10 heteroatoms. The summed E-state index contributed by atoms with van der Waals surface area (Å²) in [6.07, 6.45) is 0. The molecular weight excluding hydrogens is 440 g/mol. The van der Waals surface area contributed by atoms with Crippen molar-refractivity contribution in [1.29, 1.82) is 0 Å². The Morgan fingerprint density at radius 1 is 0.645 bits per heavy atom. The second-order valence-corrected chi connectivity index (χ2v) is 11.3. The van der Waals surface area contributed by atoms with Crippen molar-refractivity contribution in [3.63, 3.8) is 0 Å². The summed E-state index contributed by atoms with van der Waals surface area (Å²) in [5.74, 6) is 0. The van der Waals surface area contributed by atoms with Crippen LogP contribution in [0.5, 0.6) is 0 Å². The molecule has 0 aliphatic carbocycles. The van der Waals surface area contributed by atoms with E-state index in [9.17, 15) is 16.8 Å². The summed E-state index contributed by atoms with van der Waals surface area (Å²) in [7, 11) is -4.16. The summed E-state index contributed by atoms with van der Waals surface area (Å²) in [6.45, 7) is 4.37. The quantitative estimate of drug-likeness (QED) is 0.349. The highest BCUT2D eigenvalue weighted by atomic mass is 32.2. The number of rotatable bonds is 12. The lowest BCUT2D eigenvalue weighted by molar-refractivity contribution is -0.0556. The first kappa shape index (κ1) is 25.4. The van der Waals surface area contributed by atoms with Crippen LogP contribution in [0.3, 0.4) is 0 Å². The van der Waals surface area contributed by atoms with Crippen LogP contribution >= 0.6 is 0 Å². The molecular formula is C21H30N2O6S2. The first-order valence-corrected chi connectivity index (χ1v) is 12.6. The average Bonchev–Trinajstić information content (AvgIpc) is 2.73. The number of nitrogens with zero attached hydrogens (tertiary/aromatic N) is 2. The number of likely N-dealkylation sites (N-methyl/N-ethyl adjacent to an activating group) is 2. The van der Waals surface area contributed by atoms with E-state index in [1.165, 1.54) is 22.7 Å². The van der Waals surface area contributed by atoms with Gasteiger partial charge in [0, 0.05) is 27.2 Å². The smallest absolute Gasteiger partial charge is 0.242 e. The minimum absolute atomic E-state index is 0.0587. The lowest BCUT2D eigenvalue weighted by atomic mass is 10.2. The van der Waals surface area contributed by atoms with E-state index in [4.69, 9.17) is 9.47 Å². The van der Waals surface area contributed by atoms with E-state index in [0.717, 1.165) is 11.1 Å². The molecule has 0 aliphatic heterocycles. The second kappa shape index (κ2) is 11.2. The Hall–Kier alpha value is -1.82. The van der Waals surface area contributed by atoms with Crippen molar-refractivity contribution < 1.29 is 26.3 Å². The Kier molecular flexibility index (Phi) is 9.16. The molecule has 172 valence electrons. The van der Waals surface area contributed by atoms with Gasteiger partial charge < -0.3 is 9.47 Å². The van der Waals surface area contributed by atoms with Gasteiger partial charge in [-0.3, -0.25) is 0 Å². The van der Waals surface area contributed by atoms with Crippen molar-refractivity contribution >= 4 is 20.0 Å². The van der Waals surface area contributed by atoms with Crippen molar-refractivity contribution in [3.8, 4) is 0 Å². The first-order valence-electron chi connectivity index (χ1n) is 9.76. The van der Waals surface area contributed by atoms with Gasteiger partial charge in [0.05, 0.1) is 23.0 Å². The molecule has 8 nitrogen and oxygen atoms in total. The maximum absolute atomic E-state index is 12.5. The summed E-state index contributed by atoms with van der Waals surface area (Å²) in [4.78, 5) is 0.462. The van der Waals surface area contributed by atoms with Crippen LogP contribution in [0.2, 0.25) is 0 Å². The van der Waals surface area contributed by atoms with Crippen molar-refractivity contribution in [2.75, 3.05) is 47.2 Å². The summed E-state index contributed by atoms with van der Waals surface area (Å²) in [6, 6.07) is 13.3. The molecule has 0 radical (unpaired) electrons. The topological polar surface area (TPSA) is 93.2 Å². The molecule has 31 heavy (non-hydrogen) atoms. The molecule has 0 heterocycles. The summed E-state index contributed by atoms with van der Waals surface area (Å²) < 4.78 is 63.1. The molecule has 0 saturated heterocycles. The number of hydrogen-bond acceptors (Lipinski definition) is 6. The predicted octanol–water partition coefficient (Wildman–Crippen LogP) is 2.24. The van der Waals surface area contributed by atoms with Crippen LogP contribution in [0.4, 0.5) is 0 Å². The van der Waals surface area contributed by atoms with Gasteiger partial charge in [-0.05, 0) is 38.1 Å². The van der Waals surface area contributed by atoms with Crippen LogP contribution in [-0.2, 0) is 29.5 Å². The Morgan fingerprint density at radius 3 is 1.29 bits per heavy atom. The van der Waals surface area contributed by atoms with Crippen LogP contribution < -0.4 is 0 Å². The lowest BCUT2D eigenvalue weighted by Gasteiger charge is -2.18. The van der Waals surface area contributed by atoms with E-state index < -0.39 is 20.0 Å². The van der Waals surface area contributed by atoms with Crippen LogP contribution in [0.1, 0.15) is 11.1 Å². The molecule has 2 aromatic rings. The van der Waals surface area contributed by atoms with Crippen molar-refractivity contribution in [3.05, 3.63) is 59.7 Å². The second-order valence-electron chi connectivity index (χ2n) is 7.21. The fraction of sp³-hybridized carbons (Fsp3) is 0.429. The normalized spacial score (nSPS) is 12.6. The van der Waals surface area contributed by atoms with Gasteiger partial charge in [-0.15, -0.1) is 0 Å². The summed E-state index contributed by atoms with van der Waals surface area (Å²) in [5.41, 5.74) is 1.97. The van der Waals surface area contributed by atoms with E-state index in [1.807, 2.05) is 13.8 Å². The van der Waals surface area contributed by atoms with Crippen LogP contribution in [-0.4, -0.2) is 72.6 Å². The van der Waals surface area contributed by atoms with Gasteiger partial charge in [0.15, 0.2) is 0 Å². The number of ether oxygens (including phenoxy) is 2. The van der Waals surface area contributed by atoms with Gasteiger partial charge >= 0.3 is 0 Å². The Bertz CT molecular complexity index is 951. The molecule has 0 spiro atoms. The monoisotopic (exact) mass is 470 g/mol. The van der Waals surface area contributed by atoms with Crippen molar-refractivity contribution in [1.82, 2.24) is 8.61 Å². The number of benzene rings is 2. The van der Waals surface area contributed by atoms with Crippen LogP contribution in [0.25, 0.3) is 0 Å². The largest absolute Gasteiger partial charge is 0.354 e. The zero-order chi connectivity index (χ0) is 23.1. The molecule has 0 bridgehead atoms. The highest BCUT2D eigenvalue weighted by molar-refractivity contribution is 7.89. The molecule has 0 atom stereocenters. The molecule has 0 aliphatic rings. The zero-order valence-corrected chi connectivity index (χ0v) is 19.9. The molecule has 0 N–H and O–H groups in total. The van der Waals surface area contributed by atoms with E-state index in [2.05, 4.69) is 0 Å². The van der Waals surface area contributed by atoms with Crippen LogP contribution in [0.15, 0.2) is 58.3 Å². The summed E-state index contributed by atoms with van der Waals surface area (Å²) in [5, 5.41) is 0. The van der Waals surface area contributed by atoms with Gasteiger partial charge in [-0.1, -0.05) is 35.4 Å². The highest BCUT2D eigenvalue weighted by Crippen LogP contribution is 2.15. The maximum atomic E-state index is 12.5. The third-order valence-electron chi connectivity index (χ3n) is 4.73. The predicted molar refractivity (Wildman–Crippen MR) is 119 cm³/mol. The number of aryl methyl sites for hydroxylation is 2. The zero-order valence-electron chi connectivity index (χ0n) is 18.3. The third kappa shape index (κ3) is 7.09.